The van der Waals surface area contributed by atoms with Crippen molar-refractivity contribution in [3.63, 3.8) is 0 Å². The molecular weight excluding hydrogens is 246 g/mol. The first-order chi connectivity index (χ1) is 9.06. The molecule has 2 nitrogen and oxygen atoms in total. The largest absolute Gasteiger partial charge is 0.314 e. The lowest BCUT2D eigenvalue weighted by atomic mass is 9.95. The molecule has 0 spiro atoms. The van der Waals surface area contributed by atoms with Crippen LogP contribution in [-0.2, 0) is 0 Å². The van der Waals surface area contributed by atoms with E-state index in [1.54, 1.807) is 0 Å². The van der Waals surface area contributed by atoms with Crippen LogP contribution >= 0.6 is 0 Å². The van der Waals surface area contributed by atoms with Crippen LogP contribution in [0, 0.1) is 17.6 Å². The highest BCUT2D eigenvalue weighted by molar-refractivity contribution is 5.22. The van der Waals surface area contributed by atoms with Gasteiger partial charge in [-0.25, -0.2) is 8.78 Å². The van der Waals surface area contributed by atoms with Gasteiger partial charge in [-0.2, -0.15) is 0 Å². The van der Waals surface area contributed by atoms with Gasteiger partial charge < -0.3 is 5.32 Å². The van der Waals surface area contributed by atoms with E-state index in [1.807, 2.05) is 0 Å². The third-order valence-corrected chi connectivity index (χ3v) is 3.56. The van der Waals surface area contributed by atoms with E-state index in [-0.39, 0.29) is 6.04 Å². The van der Waals surface area contributed by atoms with E-state index in [0.29, 0.717) is 5.92 Å². The molecule has 1 aliphatic heterocycles. The van der Waals surface area contributed by atoms with Gasteiger partial charge in [0.25, 0.3) is 0 Å². The summed E-state index contributed by atoms with van der Waals surface area (Å²) in [5.74, 6) is -0.482. The fourth-order valence-corrected chi connectivity index (χ4v) is 2.70. The minimum Gasteiger partial charge on any atom is -0.314 e. The minimum atomic E-state index is -0.487. The molecule has 0 bridgehead atoms. The Bertz CT molecular complexity index is 394. The summed E-state index contributed by atoms with van der Waals surface area (Å²) in [5.41, 5.74) is 0.758. The van der Waals surface area contributed by atoms with Crippen LogP contribution in [0.3, 0.4) is 0 Å². The fraction of sp³-hybridized carbons (Fsp3) is 0.600. The third-order valence-electron chi connectivity index (χ3n) is 3.56. The van der Waals surface area contributed by atoms with Gasteiger partial charge >= 0.3 is 0 Å². The Hall–Kier alpha value is -1.00. The van der Waals surface area contributed by atoms with E-state index >= 15 is 0 Å². The second-order valence-electron chi connectivity index (χ2n) is 5.63. The smallest absolute Gasteiger partial charge is 0.126 e. The molecule has 0 unspecified atom stereocenters. The summed E-state index contributed by atoms with van der Waals surface area (Å²) in [4.78, 5) is 2.32. The van der Waals surface area contributed by atoms with Crippen molar-refractivity contribution in [1.82, 2.24) is 10.2 Å². The van der Waals surface area contributed by atoms with Gasteiger partial charge in [0.1, 0.15) is 11.6 Å². The first kappa shape index (κ1) is 14.4. The lowest BCUT2D eigenvalue weighted by Crippen LogP contribution is -2.45. The van der Waals surface area contributed by atoms with Crippen LogP contribution < -0.4 is 5.32 Å². The number of benzene rings is 1. The lowest BCUT2D eigenvalue weighted by Gasteiger charge is -2.36. The summed E-state index contributed by atoms with van der Waals surface area (Å²) in [6.45, 7) is 8.01. The zero-order chi connectivity index (χ0) is 13.8. The predicted molar refractivity (Wildman–Crippen MR) is 73.0 cm³/mol. The van der Waals surface area contributed by atoms with Crippen molar-refractivity contribution < 1.29 is 8.78 Å². The monoisotopic (exact) mass is 268 g/mol. The number of halogens is 2. The molecular formula is C15H22F2N2. The topological polar surface area (TPSA) is 15.3 Å². The summed E-state index contributed by atoms with van der Waals surface area (Å²) in [6, 6.07) is 3.98. The highest BCUT2D eigenvalue weighted by Crippen LogP contribution is 2.29. The summed E-state index contributed by atoms with van der Waals surface area (Å²) in [7, 11) is 0. The van der Waals surface area contributed by atoms with Gasteiger partial charge in [0.2, 0.25) is 0 Å². The van der Waals surface area contributed by atoms with E-state index in [0.717, 1.165) is 44.2 Å². The quantitative estimate of drug-likeness (QED) is 0.903. The molecule has 4 heteroatoms. The minimum absolute atomic E-state index is 0.104. The van der Waals surface area contributed by atoms with Crippen molar-refractivity contribution >= 4 is 0 Å². The maximum Gasteiger partial charge on any atom is 0.126 e. The number of rotatable bonds is 4. The number of nitrogens with one attached hydrogen (secondary N) is 1. The molecule has 106 valence electrons. The molecule has 1 aliphatic rings. The average molecular weight is 268 g/mol. The Morgan fingerprint density at radius 1 is 1.11 bits per heavy atom. The molecule has 19 heavy (non-hydrogen) atoms. The number of nitrogens with zero attached hydrogens (tertiary/aromatic N) is 1. The van der Waals surface area contributed by atoms with Gasteiger partial charge in [0, 0.05) is 38.3 Å². The molecule has 0 aliphatic carbocycles. The van der Waals surface area contributed by atoms with Crippen molar-refractivity contribution in [1.29, 1.82) is 0 Å². The second kappa shape index (κ2) is 6.44. The van der Waals surface area contributed by atoms with Gasteiger partial charge in [0.15, 0.2) is 0 Å². The van der Waals surface area contributed by atoms with Crippen LogP contribution in [0.5, 0.6) is 0 Å². The van der Waals surface area contributed by atoms with Crippen molar-refractivity contribution in [3.05, 3.63) is 35.4 Å². The summed E-state index contributed by atoms with van der Waals surface area (Å²) in [6.07, 6.45) is 0.920. The second-order valence-corrected chi connectivity index (χ2v) is 5.63. The molecule has 0 radical (unpaired) electrons. The molecule has 1 atom stereocenters. The van der Waals surface area contributed by atoms with Gasteiger partial charge in [-0.1, -0.05) is 13.8 Å². The van der Waals surface area contributed by atoms with E-state index in [4.69, 9.17) is 0 Å². The average Bonchev–Trinajstić information content (AvgIpc) is 2.35. The first-order valence-corrected chi connectivity index (χ1v) is 6.97. The Kier molecular flexibility index (Phi) is 4.88. The third kappa shape index (κ3) is 3.98. The molecule has 1 aromatic rings. The van der Waals surface area contributed by atoms with Crippen molar-refractivity contribution in [2.24, 2.45) is 5.92 Å². The molecule has 1 fully saturated rings. The zero-order valence-electron chi connectivity index (χ0n) is 11.6. The molecule has 2 rings (SSSR count). The molecule has 1 N–H and O–H groups in total. The van der Waals surface area contributed by atoms with Gasteiger partial charge in [-0.05, 0) is 30.0 Å². The molecule has 1 heterocycles. The van der Waals surface area contributed by atoms with E-state index < -0.39 is 11.6 Å². The molecule has 0 saturated carbocycles. The predicted octanol–water partition coefficient (Wildman–Crippen LogP) is 2.96. The highest BCUT2D eigenvalue weighted by Gasteiger charge is 2.23. The standard InChI is InChI=1S/C15H22F2N2/c1-11(2)7-15(19-5-3-18-4-6-19)12-8-13(16)10-14(17)9-12/h8-11,15,18H,3-7H2,1-2H3/t15-/m0/s1. The molecule has 1 aromatic carbocycles. The molecule has 0 amide bonds. The molecule has 0 aromatic heterocycles. The van der Waals surface area contributed by atoms with Gasteiger partial charge in [0.05, 0.1) is 0 Å². The number of hydrogen-bond acceptors (Lipinski definition) is 2. The van der Waals surface area contributed by atoms with Crippen molar-refractivity contribution in [2.75, 3.05) is 26.2 Å². The number of piperazine rings is 1. The SMILES string of the molecule is CC(C)C[C@@H](c1cc(F)cc(F)c1)N1CCNCC1. The lowest BCUT2D eigenvalue weighted by molar-refractivity contribution is 0.153. The van der Waals surface area contributed by atoms with Crippen LogP contribution in [0.15, 0.2) is 18.2 Å². The van der Waals surface area contributed by atoms with Crippen molar-refractivity contribution in [3.8, 4) is 0 Å². The summed E-state index contributed by atoms with van der Waals surface area (Å²) < 4.78 is 26.8. The Morgan fingerprint density at radius 3 is 2.21 bits per heavy atom. The Morgan fingerprint density at radius 2 is 1.68 bits per heavy atom. The zero-order valence-corrected chi connectivity index (χ0v) is 11.6. The van der Waals surface area contributed by atoms with Crippen molar-refractivity contribution in [2.45, 2.75) is 26.3 Å². The first-order valence-electron chi connectivity index (χ1n) is 6.97. The maximum atomic E-state index is 13.4. The van der Waals surface area contributed by atoms with E-state index in [1.165, 1.54) is 12.1 Å². The van der Waals surface area contributed by atoms with E-state index in [2.05, 4.69) is 24.1 Å². The fourth-order valence-electron chi connectivity index (χ4n) is 2.70. The van der Waals surface area contributed by atoms with Crippen LogP contribution in [0.4, 0.5) is 8.78 Å². The maximum absolute atomic E-state index is 13.4. The summed E-state index contributed by atoms with van der Waals surface area (Å²) in [5, 5.41) is 3.31. The Labute approximate surface area is 113 Å². The highest BCUT2D eigenvalue weighted by atomic mass is 19.1. The van der Waals surface area contributed by atoms with Crippen LogP contribution in [-0.4, -0.2) is 31.1 Å². The Balaban J connectivity index is 2.24. The van der Waals surface area contributed by atoms with Crippen LogP contribution in [0.1, 0.15) is 31.9 Å². The van der Waals surface area contributed by atoms with Gasteiger partial charge in [-0.15, -0.1) is 0 Å². The van der Waals surface area contributed by atoms with Crippen LogP contribution in [0.2, 0.25) is 0 Å². The number of hydrogen-bond donors (Lipinski definition) is 1. The molecule has 1 saturated heterocycles. The van der Waals surface area contributed by atoms with Crippen LogP contribution in [0.25, 0.3) is 0 Å². The summed E-state index contributed by atoms with van der Waals surface area (Å²) >= 11 is 0. The normalized spacial score (nSPS) is 18.8. The van der Waals surface area contributed by atoms with Gasteiger partial charge in [-0.3, -0.25) is 4.90 Å². The van der Waals surface area contributed by atoms with E-state index in [9.17, 15) is 8.78 Å².